The van der Waals surface area contributed by atoms with Gasteiger partial charge in [0, 0.05) is 29.5 Å². The van der Waals surface area contributed by atoms with Crippen LogP contribution in [0.4, 0.5) is 16.2 Å². The average molecular weight is 414 g/mol. The second kappa shape index (κ2) is 8.64. The van der Waals surface area contributed by atoms with E-state index in [1.165, 1.54) is 0 Å². The molecule has 0 bridgehead atoms. The van der Waals surface area contributed by atoms with Crippen molar-refractivity contribution < 1.29 is 9.59 Å². The molecule has 0 saturated carbocycles. The summed E-state index contributed by atoms with van der Waals surface area (Å²) in [7, 11) is 0. The zero-order valence-corrected chi connectivity index (χ0v) is 18.1. The topological polar surface area (TPSA) is 61.4 Å². The molecule has 1 atom stereocenters. The first-order valence-corrected chi connectivity index (χ1v) is 10.5. The summed E-state index contributed by atoms with van der Waals surface area (Å²) in [5.74, 6) is 0.00421. The number of rotatable bonds is 4. The third-order valence-corrected chi connectivity index (χ3v) is 5.69. The molecule has 0 radical (unpaired) electrons. The first-order valence-electron chi connectivity index (χ1n) is 10.5. The van der Waals surface area contributed by atoms with Gasteiger partial charge in [-0.25, -0.2) is 4.79 Å². The number of carbonyl (C=O) groups excluding carboxylic acids is 2. The summed E-state index contributed by atoms with van der Waals surface area (Å²) >= 11 is 0. The van der Waals surface area contributed by atoms with Crippen molar-refractivity contribution in [3.63, 3.8) is 0 Å². The number of urea groups is 1. The van der Waals surface area contributed by atoms with Crippen LogP contribution in [0, 0.1) is 13.8 Å². The average Bonchev–Trinajstić information content (AvgIpc) is 3.09. The predicted octanol–water partition coefficient (Wildman–Crippen LogP) is 5.22. The highest BCUT2D eigenvalue weighted by Gasteiger charge is 2.31. The Morgan fingerprint density at radius 2 is 1.77 bits per heavy atom. The van der Waals surface area contributed by atoms with Crippen molar-refractivity contribution in [1.82, 2.24) is 5.32 Å². The molecule has 0 saturated heterocycles. The Hall–Kier alpha value is -3.60. The summed E-state index contributed by atoms with van der Waals surface area (Å²) in [5, 5.41) is 5.81. The smallest absolute Gasteiger partial charge is 0.319 e. The molecule has 1 aliphatic rings. The lowest BCUT2D eigenvalue weighted by atomic mass is 10.1. The number of nitrogens with one attached hydrogen (secondary N) is 2. The number of anilines is 2. The Morgan fingerprint density at radius 3 is 2.52 bits per heavy atom. The van der Waals surface area contributed by atoms with Crippen molar-refractivity contribution in [3.8, 4) is 0 Å². The van der Waals surface area contributed by atoms with Gasteiger partial charge < -0.3 is 15.5 Å². The normalized spacial score (nSPS) is 14.8. The second-order valence-electron chi connectivity index (χ2n) is 8.18. The first kappa shape index (κ1) is 20.7. The summed E-state index contributed by atoms with van der Waals surface area (Å²) in [6.45, 7) is 6.45. The molecule has 2 N–H and O–H groups in total. The van der Waals surface area contributed by atoms with Gasteiger partial charge >= 0.3 is 6.03 Å². The zero-order chi connectivity index (χ0) is 22.0. The summed E-state index contributed by atoms with van der Waals surface area (Å²) < 4.78 is 0. The van der Waals surface area contributed by atoms with E-state index in [9.17, 15) is 9.59 Å². The minimum Gasteiger partial charge on any atom is -0.334 e. The molecule has 1 heterocycles. The van der Waals surface area contributed by atoms with Crippen molar-refractivity contribution in [2.45, 2.75) is 39.8 Å². The molecule has 5 heteroatoms. The van der Waals surface area contributed by atoms with Crippen molar-refractivity contribution in [2.75, 3.05) is 10.2 Å². The third kappa shape index (κ3) is 4.45. The lowest BCUT2D eigenvalue weighted by molar-refractivity contribution is 0.0981. The number of fused-ring (bicyclic) bond motifs is 1. The summed E-state index contributed by atoms with van der Waals surface area (Å²) in [6.07, 6.45) is 0.828. The summed E-state index contributed by atoms with van der Waals surface area (Å²) in [6, 6.07) is 21.2. The fourth-order valence-corrected chi connectivity index (χ4v) is 4.10. The van der Waals surface area contributed by atoms with Gasteiger partial charge in [0.15, 0.2) is 0 Å². The summed E-state index contributed by atoms with van der Waals surface area (Å²) in [4.78, 5) is 27.3. The maximum Gasteiger partial charge on any atom is 0.319 e. The van der Waals surface area contributed by atoms with E-state index in [1.807, 2.05) is 79.4 Å². The highest BCUT2D eigenvalue weighted by atomic mass is 16.2. The molecule has 4 rings (SSSR count). The minimum atomic E-state index is -0.252. The number of aryl methyl sites for hydroxylation is 2. The Kier molecular flexibility index (Phi) is 5.76. The zero-order valence-electron chi connectivity index (χ0n) is 18.1. The van der Waals surface area contributed by atoms with Crippen LogP contribution < -0.4 is 15.5 Å². The second-order valence-corrected chi connectivity index (χ2v) is 8.18. The quantitative estimate of drug-likeness (QED) is 0.616. The lowest BCUT2D eigenvalue weighted by Gasteiger charge is -2.23. The first-order chi connectivity index (χ1) is 14.9. The maximum atomic E-state index is 13.1. The molecule has 158 valence electrons. The third-order valence-electron chi connectivity index (χ3n) is 5.69. The van der Waals surface area contributed by atoms with Crippen LogP contribution in [0.5, 0.6) is 0 Å². The molecule has 3 aromatic carbocycles. The van der Waals surface area contributed by atoms with E-state index in [0.29, 0.717) is 12.1 Å². The van der Waals surface area contributed by atoms with Gasteiger partial charge in [0.25, 0.3) is 5.91 Å². The van der Waals surface area contributed by atoms with Gasteiger partial charge in [0.1, 0.15) is 0 Å². The Labute approximate surface area is 183 Å². The SMILES string of the molecule is Cc1ccc(NC(=O)NCc2ccc3c(c2)N(C(=O)c2ccccc2)C(C)C3)c(C)c1. The van der Waals surface area contributed by atoms with Gasteiger partial charge in [0.05, 0.1) is 0 Å². The maximum absolute atomic E-state index is 13.1. The highest BCUT2D eigenvalue weighted by Crippen LogP contribution is 2.34. The molecule has 0 aliphatic carbocycles. The lowest BCUT2D eigenvalue weighted by Crippen LogP contribution is -2.35. The number of hydrogen-bond acceptors (Lipinski definition) is 2. The van der Waals surface area contributed by atoms with E-state index < -0.39 is 0 Å². The molecule has 5 nitrogen and oxygen atoms in total. The van der Waals surface area contributed by atoms with Gasteiger partial charge in [-0.05, 0) is 68.1 Å². The van der Waals surface area contributed by atoms with Gasteiger partial charge in [-0.1, -0.05) is 48.0 Å². The van der Waals surface area contributed by atoms with Gasteiger partial charge in [-0.2, -0.15) is 0 Å². The highest BCUT2D eigenvalue weighted by molar-refractivity contribution is 6.07. The predicted molar refractivity (Wildman–Crippen MR) is 125 cm³/mol. The molecular formula is C26H27N3O2. The van der Waals surface area contributed by atoms with Crippen LogP contribution in [0.2, 0.25) is 0 Å². The van der Waals surface area contributed by atoms with E-state index in [1.54, 1.807) is 0 Å². The molecule has 1 unspecified atom stereocenters. The van der Waals surface area contributed by atoms with Crippen LogP contribution in [0.15, 0.2) is 66.7 Å². The van der Waals surface area contributed by atoms with Crippen LogP contribution in [0.25, 0.3) is 0 Å². The van der Waals surface area contributed by atoms with Crippen LogP contribution >= 0.6 is 0 Å². The number of nitrogens with zero attached hydrogens (tertiary/aromatic N) is 1. The van der Waals surface area contributed by atoms with E-state index in [4.69, 9.17) is 0 Å². The fourth-order valence-electron chi connectivity index (χ4n) is 4.10. The number of amides is 3. The van der Waals surface area contributed by atoms with E-state index >= 15 is 0 Å². The van der Waals surface area contributed by atoms with Crippen LogP contribution in [-0.2, 0) is 13.0 Å². The molecular weight excluding hydrogens is 386 g/mol. The number of benzene rings is 3. The van der Waals surface area contributed by atoms with Crippen molar-refractivity contribution in [1.29, 1.82) is 0 Å². The van der Waals surface area contributed by atoms with E-state index in [0.717, 1.165) is 40.0 Å². The van der Waals surface area contributed by atoms with Crippen LogP contribution in [-0.4, -0.2) is 18.0 Å². The van der Waals surface area contributed by atoms with Crippen LogP contribution in [0.3, 0.4) is 0 Å². The fraction of sp³-hybridized carbons (Fsp3) is 0.231. The van der Waals surface area contributed by atoms with E-state index in [-0.39, 0.29) is 18.0 Å². The Balaban J connectivity index is 1.46. The molecule has 0 fully saturated rings. The number of carbonyl (C=O) groups is 2. The Morgan fingerprint density at radius 1 is 1.00 bits per heavy atom. The number of hydrogen-bond donors (Lipinski definition) is 2. The summed E-state index contributed by atoms with van der Waals surface area (Å²) in [5.41, 5.74) is 6.69. The van der Waals surface area contributed by atoms with Crippen LogP contribution in [0.1, 0.15) is 39.5 Å². The molecule has 0 aromatic heterocycles. The van der Waals surface area contributed by atoms with Crippen molar-refractivity contribution >= 4 is 23.3 Å². The minimum absolute atomic E-state index is 0.00421. The molecule has 3 aromatic rings. The van der Waals surface area contributed by atoms with E-state index in [2.05, 4.69) is 23.6 Å². The largest absolute Gasteiger partial charge is 0.334 e. The van der Waals surface area contributed by atoms with Gasteiger partial charge in [0.2, 0.25) is 0 Å². The molecule has 0 spiro atoms. The van der Waals surface area contributed by atoms with Gasteiger partial charge in [-0.15, -0.1) is 0 Å². The molecule has 3 amide bonds. The van der Waals surface area contributed by atoms with Crippen molar-refractivity contribution in [2.24, 2.45) is 0 Å². The van der Waals surface area contributed by atoms with Crippen molar-refractivity contribution in [3.05, 3.63) is 94.5 Å². The molecule has 31 heavy (non-hydrogen) atoms. The van der Waals surface area contributed by atoms with Gasteiger partial charge in [-0.3, -0.25) is 4.79 Å². The Bertz CT molecular complexity index is 1120. The monoisotopic (exact) mass is 413 g/mol. The molecule has 1 aliphatic heterocycles. The standard InChI is InChI=1S/C26H27N3O2/c1-17-9-12-23(18(2)13-17)28-26(31)27-16-20-10-11-22-14-19(3)29(24(22)15-20)25(30)21-7-5-4-6-8-21/h4-13,15,19H,14,16H2,1-3H3,(H2,27,28,31).